The lowest BCUT2D eigenvalue weighted by Gasteiger charge is -2.38. The highest BCUT2D eigenvalue weighted by molar-refractivity contribution is 6.50. The average molecular weight is 745 g/mol. The van der Waals surface area contributed by atoms with E-state index < -0.39 is 0 Å². The molecule has 3 heteroatoms. The summed E-state index contributed by atoms with van der Waals surface area (Å²) < 4.78 is 11.4. The normalized spacial score (nSPS) is 36.7. The zero-order chi connectivity index (χ0) is 36.6. The second-order valence-electron chi connectivity index (χ2n) is 20.7. The molecule has 4 fully saturated rings. The van der Waals surface area contributed by atoms with Crippen molar-refractivity contribution in [2.24, 2.45) is 35.5 Å². The minimum atomic E-state index is -0.0817. The quantitative estimate of drug-likeness (QED) is 0.0927. The highest BCUT2D eigenvalue weighted by Gasteiger charge is 2.70. The number of hydrogen-bond donors (Lipinski definition) is 0. The number of benzene rings is 4. The van der Waals surface area contributed by atoms with Gasteiger partial charge in [0, 0.05) is 48.5 Å². The third kappa shape index (κ3) is 2.40. The summed E-state index contributed by atoms with van der Waals surface area (Å²) in [7, 11) is 0. The molecule has 0 bridgehead atoms. The maximum Gasteiger partial charge on any atom is 0.305 e. The Morgan fingerprint density at radius 3 is 2.00 bits per heavy atom. The van der Waals surface area contributed by atoms with E-state index in [9.17, 15) is 4.79 Å². The van der Waals surface area contributed by atoms with E-state index in [1.807, 2.05) is 11.1 Å². The highest BCUT2D eigenvalue weighted by atomic mass is 16.6. The Labute approximate surface area is 332 Å². The van der Waals surface area contributed by atoms with E-state index in [1.54, 1.807) is 92.1 Å². The Bertz CT molecular complexity index is 3670. The maximum atomic E-state index is 13.3. The number of carbonyl (C=O) groups is 1. The lowest BCUT2D eigenvalue weighted by Crippen LogP contribution is -2.42. The molecule has 0 radical (unpaired) electrons. The van der Waals surface area contributed by atoms with Gasteiger partial charge in [-0.1, -0.05) is 78.9 Å². The van der Waals surface area contributed by atoms with Gasteiger partial charge in [0.2, 0.25) is 0 Å². The largest absolute Gasteiger partial charge is 0.463 e. The van der Waals surface area contributed by atoms with Gasteiger partial charge >= 0.3 is 5.97 Å². The molecular weight excluding hydrogens is 709 g/mol. The van der Waals surface area contributed by atoms with E-state index in [1.165, 1.54) is 21.9 Å². The molecule has 1 heterocycles. The molecule has 12 atom stereocenters. The zero-order valence-electron chi connectivity index (χ0n) is 31.8. The maximum absolute atomic E-state index is 13.3. The van der Waals surface area contributed by atoms with Crippen LogP contribution in [0.15, 0.2) is 66.8 Å². The van der Waals surface area contributed by atoms with Crippen molar-refractivity contribution in [2.75, 3.05) is 13.2 Å². The molecule has 3 saturated carbocycles. The Kier molecular flexibility index (Phi) is 4.04. The molecule has 0 aromatic heterocycles. The fourth-order valence-electron chi connectivity index (χ4n) is 18.0. The van der Waals surface area contributed by atoms with Gasteiger partial charge in [-0.3, -0.25) is 4.79 Å². The first-order valence-corrected chi connectivity index (χ1v) is 22.5. The van der Waals surface area contributed by atoms with Crippen molar-refractivity contribution in [3.8, 4) is 0 Å². The van der Waals surface area contributed by atoms with E-state index in [0.29, 0.717) is 72.2 Å². The summed E-state index contributed by atoms with van der Waals surface area (Å²) in [6.07, 6.45) is 19.4. The van der Waals surface area contributed by atoms with Crippen LogP contribution in [-0.2, 0) is 19.7 Å². The molecule has 1 saturated heterocycles. The lowest BCUT2D eigenvalue weighted by atomic mass is 9.66. The zero-order valence-corrected chi connectivity index (χ0v) is 31.8. The number of carbonyl (C=O) groups excluding carboxylic acids is 1. The number of hydrogen-bond acceptors (Lipinski definition) is 3. The van der Waals surface area contributed by atoms with E-state index in [0.717, 1.165) is 25.9 Å². The third-order valence-corrected chi connectivity index (χ3v) is 19.4. The van der Waals surface area contributed by atoms with E-state index >= 15 is 0 Å². The summed E-state index contributed by atoms with van der Waals surface area (Å²) in [4.78, 5) is 13.3. The average Bonchev–Trinajstić information content (AvgIpc) is 3.84. The van der Waals surface area contributed by atoms with Crippen LogP contribution >= 0.6 is 0 Å². The highest BCUT2D eigenvalue weighted by Crippen LogP contribution is 2.81. The lowest BCUT2D eigenvalue weighted by molar-refractivity contribution is -0.154. The number of rotatable bonds is 7. The molecule has 11 aliphatic rings. The second-order valence-corrected chi connectivity index (χ2v) is 20.7. The third-order valence-electron chi connectivity index (χ3n) is 19.4. The fourth-order valence-corrected chi connectivity index (χ4v) is 18.0. The summed E-state index contributed by atoms with van der Waals surface area (Å²) in [5.74, 6) is 5.23. The standard InChI is InChI=1S/C55H36O3/c56-30(58-19-21-16-18-57-21)7-4-17-55(20-5-2-1-3-6-20)53-39-28-14-12-26-24-10-8-22-23-9-11-25-27-13-15-29-38-36(27)43-34(25)32(23)41-31(22)33(24)42-35(26)37(28)44-46(39)47(40(29)54(53)55)45(38)52-50(43)48(41)49(42)51(44)52/h1-3,5-6,8-15,21-24,26,31-33,35,53-54H,4,7,16-19H2. The van der Waals surface area contributed by atoms with Crippen molar-refractivity contribution in [3.63, 3.8) is 0 Å². The van der Waals surface area contributed by atoms with Crippen molar-refractivity contribution >= 4 is 93.9 Å². The van der Waals surface area contributed by atoms with Gasteiger partial charge in [0.15, 0.2) is 0 Å². The number of fused-ring (bicyclic) bond motifs is 8. The van der Waals surface area contributed by atoms with Crippen LogP contribution in [0.5, 0.6) is 0 Å². The van der Waals surface area contributed by atoms with Crippen molar-refractivity contribution in [2.45, 2.75) is 60.9 Å². The SMILES string of the molecule is O=C(CCCC1(c2ccccc2)C2c3c4c5c6c3c3c(c7ccc8c9c%10c%11c%12c%13c(c6c%12c3c7c8%11)=C3C5C(C=C4)C4C=CC5C(C=C9)C%10C=%13C5C34)C21)OCC1CCO1. The first-order valence-electron chi connectivity index (χ1n) is 22.5. The Morgan fingerprint density at radius 2 is 1.26 bits per heavy atom. The molecule has 0 N–H and O–H groups in total. The van der Waals surface area contributed by atoms with Crippen molar-refractivity contribution < 1.29 is 14.3 Å². The van der Waals surface area contributed by atoms with Gasteiger partial charge in [0.25, 0.3) is 0 Å². The predicted molar refractivity (Wildman–Crippen MR) is 229 cm³/mol. The molecule has 10 aliphatic carbocycles. The molecule has 19 rings (SSSR count). The van der Waals surface area contributed by atoms with Crippen LogP contribution in [0.1, 0.15) is 88.3 Å². The van der Waals surface area contributed by atoms with Crippen LogP contribution in [0.2, 0.25) is 0 Å². The second kappa shape index (κ2) is 8.30. The molecule has 8 aromatic carbocycles. The molecule has 58 heavy (non-hydrogen) atoms. The molecule has 0 spiro atoms. The minimum Gasteiger partial charge on any atom is -0.463 e. The summed E-state index contributed by atoms with van der Waals surface area (Å²) in [6.45, 7) is 1.18. The molecule has 12 unspecified atom stereocenters. The number of esters is 1. The number of allylic oxidation sites excluding steroid dienone is 4. The number of ether oxygens (including phenoxy) is 2. The van der Waals surface area contributed by atoms with E-state index in [2.05, 4.69) is 78.9 Å². The predicted octanol–water partition coefficient (Wildman–Crippen LogP) is 9.85. The molecule has 1 aliphatic heterocycles. The summed E-state index contributed by atoms with van der Waals surface area (Å²) in [6, 6.07) is 16.7. The summed E-state index contributed by atoms with van der Waals surface area (Å²) >= 11 is 0. The molecule has 8 aromatic rings. The van der Waals surface area contributed by atoms with Gasteiger partial charge in [-0.05, 0) is 174 Å². The van der Waals surface area contributed by atoms with Crippen LogP contribution in [-0.4, -0.2) is 25.3 Å². The van der Waals surface area contributed by atoms with Crippen LogP contribution in [0.4, 0.5) is 0 Å². The Morgan fingerprint density at radius 1 is 0.638 bits per heavy atom. The van der Waals surface area contributed by atoms with Gasteiger partial charge in [0.1, 0.15) is 6.61 Å². The summed E-state index contributed by atoms with van der Waals surface area (Å²) in [5, 5.41) is 22.8. The van der Waals surface area contributed by atoms with Crippen LogP contribution < -0.4 is 10.4 Å². The monoisotopic (exact) mass is 744 g/mol. The Hall–Kier alpha value is -5.25. The van der Waals surface area contributed by atoms with Gasteiger partial charge in [0.05, 0.1) is 6.10 Å². The molecule has 0 amide bonds. The molecule has 3 nitrogen and oxygen atoms in total. The van der Waals surface area contributed by atoms with Crippen molar-refractivity contribution in [3.05, 3.63) is 116 Å². The van der Waals surface area contributed by atoms with Crippen LogP contribution in [0.3, 0.4) is 0 Å². The minimum absolute atomic E-state index is 0.0742. The summed E-state index contributed by atoms with van der Waals surface area (Å²) in [5.41, 5.74) is 14.9. The van der Waals surface area contributed by atoms with Gasteiger partial charge < -0.3 is 9.47 Å². The van der Waals surface area contributed by atoms with E-state index in [-0.39, 0.29) is 17.5 Å². The van der Waals surface area contributed by atoms with Crippen LogP contribution in [0.25, 0.3) is 87.9 Å². The van der Waals surface area contributed by atoms with Gasteiger partial charge in [-0.2, -0.15) is 0 Å². The first-order chi connectivity index (χ1) is 28.8. The first kappa shape index (κ1) is 28.2. The van der Waals surface area contributed by atoms with E-state index in [4.69, 9.17) is 9.47 Å². The smallest absolute Gasteiger partial charge is 0.305 e. The Balaban J connectivity index is 0.982. The molecule has 274 valence electrons. The molecular formula is C55H36O3. The topological polar surface area (TPSA) is 35.5 Å². The van der Waals surface area contributed by atoms with Gasteiger partial charge in [-0.25, -0.2) is 0 Å². The van der Waals surface area contributed by atoms with Crippen LogP contribution in [0, 0.1) is 35.5 Å². The fraction of sp³-hybridized carbons (Fsp3) is 0.327. The van der Waals surface area contributed by atoms with Crippen molar-refractivity contribution in [1.29, 1.82) is 0 Å². The van der Waals surface area contributed by atoms with Gasteiger partial charge in [-0.15, -0.1) is 0 Å². The van der Waals surface area contributed by atoms with Crippen molar-refractivity contribution in [1.82, 2.24) is 0 Å².